The fraction of sp³-hybridized carbons (Fsp3) is 0.438. The van der Waals surface area contributed by atoms with Gasteiger partial charge >= 0.3 is 6.55 Å². The molecule has 0 radical (unpaired) electrons. The highest BCUT2D eigenvalue weighted by Crippen LogP contribution is 2.18. The summed E-state index contributed by atoms with van der Waals surface area (Å²) in [4.78, 5) is 5.87. The second kappa shape index (κ2) is 7.47. The minimum Gasteiger partial charge on any atom is -0.387 e. The van der Waals surface area contributed by atoms with E-state index in [2.05, 4.69) is 4.98 Å². The highest BCUT2D eigenvalue weighted by Gasteiger charge is 2.17. The highest BCUT2D eigenvalue weighted by molar-refractivity contribution is 5.23. The van der Waals surface area contributed by atoms with E-state index in [1.807, 2.05) is 43.0 Å². The van der Waals surface area contributed by atoms with Crippen LogP contribution in [0.3, 0.4) is 0 Å². The number of benzene rings is 1. The van der Waals surface area contributed by atoms with Gasteiger partial charge in [-0.2, -0.15) is 8.78 Å². The van der Waals surface area contributed by atoms with E-state index in [0.29, 0.717) is 18.9 Å². The molecular formula is C16H21F2N3O. The van der Waals surface area contributed by atoms with Gasteiger partial charge in [0.05, 0.1) is 12.6 Å². The first-order valence-corrected chi connectivity index (χ1v) is 7.28. The number of rotatable bonds is 7. The maximum Gasteiger partial charge on any atom is 0.319 e. The molecule has 120 valence electrons. The summed E-state index contributed by atoms with van der Waals surface area (Å²) in [5, 5.41) is 10.3. The molecule has 6 heteroatoms. The lowest BCUT2D eigenvalue weighted by molar-refractivity contribution is 0.0609. The summed E-state index contributed by atoms with van der Waals surface area (Å²) in [6.07, 6.45) is 1.98. The third-order valence-electron chi connectivity index (χ3n) is 3.66. The molecule has 0 saturated carbocycles. The van der Waals surface area contributed by atoms with Crippen molar-refractivity contribution < 1.29 is 13.9 Å². The summed E-state index contributed by atoms with van der Waals surface area (Å²) >= 11 is 0. The van der Waals surface area contributed by atoms with Crippen LogP contribution in [0.2, 0.25) is 0 Å². The molecule has 1 unspecified atom stereocenters. The largest absolute Gasteiger partial charge is 0.387 e. The van der Waals surface area contributed by atoms with Gasteiger partial charge in [-0.1, -0.05) is 36.8 Å². The fourth-order valence-corrected chi connectivity index (χ4v) is 2.29. The third kappa shape index (κ3) is 4.11. The van der Waals surface area contributed by atoms with E-state index in [9.17, 15) is 13.9 Å². The van der Waals surface area contributed by atoms with Gasteiger partial charge in [-0.15, -0.1) is 0 Å². The van der Waals surface area contributed by atoms with Gasteiger partial charge in [0.1, 0.15) is 5.82 Å². The number of halogens is 2. The molecule has 0 aliphatic heterocycles. The maximum atomic E-state index is 12.8. The first kappa shape index (κ1) is 16.6. The average molecular weight is 309 g/mol. The third-order valence-corrected chi connectivity index (χ3v) is 3.66. The standard InChI is InChI=1S/C16H21F2N3O/c1-3-20(11-15-19-8-9-21(15)16(17)18)10-14(22)13-6-4-12(2)5-7-13/h4-9,14,16,22H,3,10-11H2,1-2H3. The molecule has 2 aromatic rings. The lowest BCUT2D eigenvalue weighted by Gasteiger charge is -2.24. The van der Waals surface area contributed by atoms with E-state index in [4.69, 9.17) is 0 Å². The number of likely N-dealkylation sites (N-methyl/N-ethyl adjacent to an activating group) is 1. The van der Waals surface area contributed by atoms with Crippen molar-refractivity contribution in [2.24, 2.45) is 0 Å². The van der Waals surface area contributed by atoms with Crippen molar-refractivity contribution in [3.8, 4) is 0 Å². The van der Waals surface area contributed by atoms with E-state index < -0.39 is 12.7 Å². The second-order valence-electron chi connectivity index (χ2n) is 5.28. The van der Waals surface area contributed by atoms with E-state index >= 15 is 0 Å². The zero-order valence-electron chi connectivity index (χ0n) is 12.8. The summed E-state index contributed by atoms with van der Waals surface area (Å²) in [5.41, 5.74) is 1.95. The van der Waals surface area contributed by atoms with Crippen LogP contribution in [0.25, 0.3) is 0 Å². The normalized spacial score (nSPS) is 13.0. The Morgan fingerprint density at radius 3 is 2.55 bits per heavy atom. The molecule has 0 amide bonds. The first-order chi connectivity index (χ1) is 10.5. The quantitative estimate of drug-likeness (QED) is 0.854. The Morgan fingerprint density at radius 1 is 1.27 bits per heavy atom. The Bertz CT molecular complexity index is 583. The Kier molecular flexibility index (Phi) is 5.63. The lowest BCUT2D eigenvalue weighted by Crippen LogP contribution is -2.29. The van der Waals surface area contributed by atoms with E-state index in [-0.39, 0.29) is 6.54 Å². The maximum absolute atomic E-state index is 12.8. The molecule has 1 aromatic carbocycles. The molecule has 0 fully saturated rings. The number of alkyl halides is 2. The molecule has 0 bridgehead atoms. The molecule has 0 saturated heterocycles. The number of aromatic nitrogens is 2. The van der Waals surface area contributed by atoms with Crippen molar-refractivity contribution in [3.05, 3.63) is 53.6 Å². The van der Waals surface area contributed by atoms with Gasteiger partial charge in [0.15, 0.2) is 0 Å². The molecule has 2 rings (SSSR count). The van der Waals surface area contributed by atoms with Crippen LogP contribution in [0.4, 0.5) is 8.78 Å². The highest BCUT2D eigenvalue weighted by atomic mass is 19.3. The lowest BCUT2D eigenvalue weighted by atomic mass is 10.1. The van der Waals surface area contributed by atoms with Crippen molar-refractivity contribution in [3.63, 3.8) is 0 Å². The van der Waals surface area contributed by atoms with Gasteiger partial charge in [-0.05, 0) is 19.0 Å². The SMILES string of the molecule is CCN(Cc1nccn1C(F)F)CC(O)c1ccc(C)cc1. The number of hydrogen-bond donors (Lipinski definition) is 1. The molecule has 1 heterocycles. The molecule has 0 aliphatic carbocycles. The van der Waals surface area contributed by atoms with Crippen molar-refractivity contribution in [1.29, 1.82) is 0 Å². The second-order valence-corrected chi connectivity index (χ2v) is 5.28. The molecule has 4 nitrogen and oxygen atoms in total. The van der Waals surface area contributed by atoms with Crippen molar-refractivity contribution in [2.45, 2.75) is 33.0 Å². The Hall–Kier alpha value is -1.79. The van der Waals surface area contributed by atoms with E-state index in [0.717, 1.165) is 15.7 Å². The molecule has 1 aromatic heterocycles. The average Bonchev–Trinajstić information content (AvgIpc) is 2.95. The van der Waals surface area contributed by atoms with Crippen LogP contribution >= 0.6 is 0 Å². The Labute approximate surface area is 129 Å². The van der Waals surface area contributed by atoms with Gasteiger partial charge in [0.2, 0.25) is 0 Å². The van der Waals surface area contributed by atoms with E-state index in [1.165, 1.54) is 12.4 Å². The van der Waals surface area contributed by atoms with Gasteiger partial charge in [0, 0.05) is 18.9 Å². The van der Waals surface area contributed by atoms with Gasteiger partial charge in [0.25, 0.3) is 0 Å². The first-order valence-electron chi connectivity index (χ1n) is 7.28. The topological polar surface area (TPSA) is 41.3 Å². The van der Waals surface area contributed by atoms with Crippen LogP contribution in [0.1, 0.15) is 36.5 Å². The predicted molar refractivity (Wildman–Crippen MR) is 80.6 cm³/mol. The van der Waals surface area contributed by atoms with Crippen molar-refractivity contribution >= 4 is 0 Å². The van der Waals surface area contributed by atoms with Crippen LogP contribution in [0, 0.1) is 6.92 Å². The van der Waals surface area contributed by atoms with Gasteiger partial charge < -0.3 is 5.11 Å². The van der Waals surface area contributed by atoms with Crippen LogP contribution in [-0.2, 0) is 6.54 Å². The van der Waals surface area contributed by atoms with Crippen LogP contribution in [0.5, 0.6) is 0 Å². The van der Waals surface area contributed by atoms with Crippen molar-refractivity contribution in [2.75, 3.05) is 13.1 Å². The van der Waals surface area contributed by atoms with E-state index in [1.54, 1.807) is 0 Å². The molecular weight excluding hydrogens is 288 g/mol. The molecule has 1 N–H and O–H groups in total. The van der Waals surface area contributed by atoms with Crippen LogP contribution in [-0.4, -0.2) is 32.6 Å². The fourth-order valence-electron chi connectivity index (χ4n) is 2.29. The van der Waals surface area contributed by atoms with Crippen molar-refractivity contribution in [1.82, 2.24) is 14.5 Å². The summed E-state index contributed by atoms with van der Waals surface area (Å²) in [6, 6.07) is 7.65. The summed E-state index contributed by atoms with van der Waals surface area (Å²) in [6.45, 7) is 2.60. The van der Waals surface area contributed by atoms with Crippen LogP contribution < -0.4 is 0 Å². The van der Waals surface area contributed by atoms with Crippen LogP contribution in [0.15, 0.2) is 36.7 Å². The molecule has 1 atom stereocenters. The number of hydrogen-bond acceptors (Lipinski definition) is 3. The molecule has 22 heavy (non-hydrogen) atoms. The number of aliphatic hydroxyl groups excluding tert-OH is 1. The summed E-state index contributed by atoms with van der Waals surface area (Å²) < 4.78 is 26.5. The Balaban J connectivity index is 2.02. The predicted octanol–water partition coefficient (Wildman–Crippen LogP) is 3.14. The smallest absolute Gasteiger partial charge is 0.319 e. The molecule has 0 aliphatic rings. The minimum atomic E-state index is -2.60. The number of imidazole rings is 1. The number of nitrogens with zero attached hydrogens (tertiary/aromatic N) is 3. The van der Waals surface area contributed by atoms with Gasteiger partial charge in [-0.25, -0.2) is 4.98 Å². The molecule has 0 spiro atoms. The number of aryl methyl sites for hydroxylation is 1. The zero-order valence-corrected chi connectivity index (χ0v) is 12.8. The Morgan fingerprint density at radius 2 is 1.95 bits per heavy atom. The summed E-state index contributed by atoms with van der Waals surface area (Å²) in [5.74, 6) is 0.299. The monoisotopic (exact) mass is 309 g/mol. The minimum absolute atomic E-state index is 0.275. The zero-order chi connectivity index (χ0) is 16.1. The number of aliphatic hydroxyl groups is 1. The summed E-state index contributed by atoms with van der Waals surface area (Å²) in [7, 11) is 0. The van der Waals surface area contributed by atoms with Gasteiger partial charge in [-0.3, -0.25) is 9.47 Å².